The van der Waals surface area contributed by atoms with Gasteiger partial charge in [0.1, 0.15) is 5.75 Å². The van der Waals surface area contributed by atoms with Crippen LogP contribution in [-0.2, 0) is 6.42 Å². The van der Waals surface area contributed by atoms with Gasteiger partial charge in [-0.2, -0.15) is 0 Å². The molecule has 1 fully saturated rings. The van der Waals surface area contributed by atoms with Gasteiger partial charge in [0.25, 0.3) is 0 Å². The van der Waals surface area contributed by atoms with Crippen molar-refractivity contribution in [1.29, 1.82) is 0 Å². The fraction of sp³-hybridized carbons (Fsp3) is 0.483. The number of rotatable bonds is 10. The minimum absolute atomic E-state index is 0.106. The maximum atomic E-state index is 11.2. The minimum Gasteiger partial charge on any atom is -0.497 e. The van der Waals surface area contributed by atoms with E-state index in [1.54, 1.807) is 7.11 Å². The predicted molar refractivity (Wildman–Crippen MR) is 137 cm³/mol. The number of pyridine rings is 1. The number of aliphatic hydroxyl groups is 2. The number of hydrogen-bond donors (Lipinski definition) is 2. The number of hydrogen-bond acceptors (Lipinski definition) is 5. The van der Waals surface area contributed by atoms with E-state index < -0.39 is 6.10 Å². The van der Waals surface area contributed by atoms with Gasteiger partial charge in [-0.1, -0.05) is 30.3 Å². The molecule has 2 N–H and O–H groups in total. The molecule has 0 amide bonds. The molecule has 1 saturated heterocycles. The highest BCUT2D eigenvalue weighted by Crippen LogP contribution is 2.39. The number of nitrogens with zero attached hydrogens (tertiary/aromatic N) is 2. The van der Waals surface area contributed by atoms with Gasteiger partial charge in [0.2, 0.25) is 0 Å². The van der Waals surface area contributed by atoms with Gasteiger partial charge >= 0.3 is 0 Å². The summed E-state index contributed by atoms with van der Waals surface area (Å²) in [5, 5.41) is 22.5. The van der Waals surface area contributed by atoms with Crippen molar-refractivity contribution in [2.24, 2.45) is 5.41 Å². The standard InChI is InChI=1S/C29H38N2O3/c1-22-20-30-26-11-10-24(34-2)19-25(26)28(22)27(33)12-13-29(21-32)14-17-31(18-15-29)16-6-9-23-7-4-3-5-8-23/h3-5,7-8,10-11,19-20,27,32-33H,6,9,12-18,21H2,1-2H3. The second kappa shape index (κ2) is 11.3. The number of aliphatic hydroxyl groups excluding tert-OH is 2. The van der Waals surface area contributed by atoms with Crippen LogP contribution in [0.15, 0.2) is 54.7 Å². The first-order chi connectivity index (χ1) is 16.5. The Morgan fingerprint density at radius 3 is 2.59 bits per heavy atom. The molecule has 5 heteroatoms. The smallest absolute Gasteiger partial charge is 0.119 e. The highest BCUT2D eigenvalue weighted by atomic mass is 16.5. The van der Waals surface area contributed by atoms with Crippen LogP contribution in [0.2, 0.25) is 0 Å². The summed E-state index contributed by atoms with van der Waals surface area (Å²) >= 11 is 0. The van der Waals surface area contributed by atoms with E-state index in [-0.39, 0.29) is 12.0 Å². The third-order valence-electron chi connectivity index (χ3n) is 7.63. The number of piperidine rings is 1. The zero-order valence-corrected chi connectivity index (χ0v) is 20.5. The van der Waals surface area contributed by atoms with Gasteiger partial charge in [-0.15, -0.1) is 0 Å². The molecule has 0 radical (unpaired) electrons. The van der Waals surface area contributed by atoms with Gasteiger partial charge in [0.05, 0.1) is 18.7 Å². The van der Waals surface area contributed by atoms with E-state index >= 15 is 0 Å². The molecule has 1 atom stereocenters. The van der Waals surface area contributed by atoms with Gasteiger partial charge in [-0.3, -0.25) is 4.98 Å². The topological polar surface area (TPSA) is 65.8 Å². The van der Waals surface area contributed by atoms with Gasteiger partial charge in [-0.05, 0) is 105 Å². The molecular formula is C29H38N2O3. The van der Waals surface area contributed by atoms with Gasteiger partial charge < -0.3 is 19.8 Å². The van der Waals surface area contributed by atoms with Crippen molar-refractivity contribution < 1.29 is 14.9 Å². The van der Waals surface area contributed by atoms with Crippen LogP contribution in [0.5, 0.6) is 5.75 Å². The lowest BCUT2D eigenvalue weighted by atomic mass is 9.74. The number of fused-ring (bicyclic) bond motifs is 1. The van der Waals surface area contributed by atoms with E-state index in [9.17, 15) is 10.2 Å². The number of aromatic nitrogens is 1. The average Bonchev–Trinajstić information content (AvgIpc) is 2.88. The second-order valence-corrected chi connectivity index (χ2v) is 9.88. The zero-order chi connectivity index (χ0) is 24.0. The van der Waals surface area contributed by atoms with Gasteiger partial charge in [0, 0.05) is 18.2 Å². The molecule has 4 rings (SSSR count). The molecule has 0 bridgehead atoms. The van der Waals surface area contributed by atoms with Gasteiger partial charge in [-0.25, -0.2) is 0 Å². The van der Waals surface area contributed by atoms with Crippen molar-refractivity contribution >= 4 is 10.9 Å². The number of benzene rings is 2. The molecule has 34 heavy (non-hydrogen) atoms. The Morgan fingerprint density at radius 1 is 1.12 bits per heavy atom. The Bertz CT molecular complexity index is 1060. The molecule has 0 aliphatic carbocycles. The van der Waals surface area contributed by atoms with Crippen molar-refractivity contribution in [3.8, 4) is 5.75 Å². The summed E-state index contributed by atoms with van der Waals surface area (Å²) in [5.41, 5.74) is 4.07. The molecule has 3 aromatic rings. The Kier molecular flexibility index (Phi) is 8.19. The zero-order valence-electron chi connectivity index (χ0n) is 20.5. The first-order valence-electron chi connectivity index (χ1n) is 12.5. The van der Waals surface area contributed by atoms with E-state index in [0.29, 0.717) is 6.42 Å². The van der Waals surface area contributed by atoms with Crippen molar-refractivity contribution in [1.82, 2.24) is 9.88 Å². The maximum Gasteiger partial charge on any atom is 0.119 e. The van der Waals surface area contributed by atoms with Crippen LogP contribution >= 0.6 is 0 Å². The highest BCUT2D eigenvalue weighted by molar-refractivity contribution is 5.84. The molecule has 1 aliphatic heterocycles. The molecule has 2 heterocycles. The normalized spacial score (nSPS) is 17.1. The van der Waals surface area contributed by atoms with Crippen LogP contribution in [0, 0.1) is 12.3 Å². The molecular weight excluding hydrogens is 424 g/mol. The Hall–Kier alpha value is -2.47. The van der Waals surface area contributed by atoms with Crippen molar-refractivity contribution in [3.63, 3.8) is 0 Å². The fourth-order valence-electron chi connectivity index (χ4n) is 5.34. The fourth-order valence-corrected chi connectivity index (χ4v) is 5.34. The number of aryl methyl sites for hydroxylation is 2. The van der Waals surface area contributed by atoms with E-state index in [1.807, 2.05) is 31.3 Å². The predicted octanol–water partition coefficient (Wildman–Crippen LogP) is 5.07. The van der Waals surface area contributed by atoms with Crippen LogP contribution in [0.1, 0.15) is 54.9 Å². The first-order valence-corrected chi connectivity index (χ1v) is 12.5. The molecule has 0 spiro atoms. The van der Waals surface area contributed by atoms with Crippen LogP contribution < -0.4 is 4.74 Å². The van der Waals surface area contributed by atoms with E-state index in [2.05, 4.69) is 40.2 Å². The number of ether oxygens (including phenoxy) is 1. The minimum atomic E-state index is -0.593. The average molecular weight is 463 g/mol. The SMILES string of the molecule is COc1ccc2ncc(C)c(C(O)CCC3(CO)CCN(CCCc4ccccc4)CC3)c2c1. The summed E-state index contributed by atoms with van der Waals surface area (Å²) in [7, 11) is 1.65. The Labute approximate surface area is 203 Å². The van der Waals surface area contributed by atoms with Crippen molar-refractivity contribution in [2.45, 2.75) is 51.6 Å². The molecule has 1 aromatic heterocycles. The quantitative estimate of drug-likeness (QED) is 0.440. The Morgan fingerprint density at radius 2 is 1.88 bits per heavy atom. The summed E-state index contributed by atoms with van der Waals surface area (Å²) in [5.74, 6) is 0.764. The third kappa shape index (κ3) is 5.77. The van der Waals surface area contributed by atoms with Crippen molar-refractivity contribution in [3.05, 3.63) is 71.4 Å². The lowest BCUT2D eigenvalue weighted by Crippen LogP contribution is -2.42. The maximum absolute atomic E-state index is 11.2. The van der Waals surface area contributed by atoms with Crippen LogP contribution in [0.3, 0.4) is 0 Å². The van der Waals surface area contributed by atoms with E-state index in [4.69, 9.17) is 4.74 Å². The van der Waals surface area contributed by atoms with E-state index in [0.717, 1.165) is 79.5 Å². The molecule has 1 unspecified atom stereocenters. The van der Waals surface area contributed by atoms with Crippen LogP contribution in [0.4, 0.5) is 0 Å². The molecule has 182 valence electrons. The van der Waals surface area contributed by atoms with Crippen molar-refractivity contribution in [2.75, 3.05) is 33.4 Å². The summed E-state index contributed by atoms with van der Waals surface area (Å²) in [6, 6.07) is 16.5. The summed E-state index contributed by atoms with van der Waals surface area (Å²) in [6.07, 6.45) is 6.91. The van der Waals surface area contributed by atoms with E-state index in [1.165, 1.54) is 5.56 Å². The summed E-state index contributed by atoms with van der Waals surface area (Å²) in [4.78, 5) is 7.05. The highest BCUT2D eigenvalue weighted by Gasteiger charge is 2.34. The molecule has 2 aromatic carbocycles. The first kappa shape index (κ1) is 24.6. The number of likely N-dealkylation sites (tertiary alicyclic amines) is 1. The largest absolute Gasteiger partial charge is 0.497 e. The van der Waals surface area contributed by atoms with Gasteiger partial charge in [0.15, 0.2) is 0 Å². The molecule has 5 nitrogen and oxygen atoms in total. The lowest BCUT2D eigenvalue weighted by molar-refractivity contribution is 0.0234. The third-order valence-corrected chi connectivity index (χ3v) is 7.63. The monoisotopic (exact) mass is 462 g/mol. The summed E-state index contributed by atoms with van der Waals surface area (Å²) < 4.78 is 5.40. The Balaban J connectivity index is 1.34. The number of methoxy groups -OCH3 is 1. The van der Waals surface area contributed by atoms with Crippen LogP contribution in [-0.4, -0.2) is 53.4 Å². The molecule has 0 saturated carbocycles. The summed E-state index contributed by atoms with van der Waals surface area (Å²) in [6.45, 7) is 5.31. The lowest BCUT2D eigenvalue weighted by Gasteiger charge is -2.41. The molecule has 1 aliphatic rings. The van der Waals surface area contributed by atoms with Crippen LogP contribution in [0.25, 0.3) is 10.9 Å². The second-order valence-electron chi connectivity index (χ2n) is 9.88.